The van der Waals surface area contributed by atoms with Crippen LogP contribution in [0.2, 0.25) is 0 Å². The maximum absolute atomic E-state index is 12.8. The molecule has 1 aromatic rings. The SMILES string of the molecule is CCOc1ccc(C2[NH+]3CC4(C)C[NH+]2CC(C)(C3)C4=O)cc1OC. The van der Waals surface area contributed by atoms with E-state index in [-0.39, 0.29) is 10.8 Å². The zero-order valence-electron chi connectivity index (χ0n) is 15.1. The van der Waals surface area contributed by atoms with Crippen molar-refractivity contribution in [3.63, 3.8) is 0 Å². The zero-order valence-corrected chi connectivity index (χ0v) is 15.1. The van der Waals surface area contributed by atoms with Crippen LogP contribution < -0.4 is 19.3 Å². The van der Waals surface area contributed by atoms with Crippen LogP contribution in [0.25, 0.3) is 0 Å². The van der Waals surface area contributed by atoms with Gasteiger partial charge in [0.2, 0.25) is 6.17 Å². The van der Waals surface area contributed by atoms with Gasteiger partial charge in [-0.15, -0.1) is 0 Å². The van der Waals surface area contributed by atoms with Crippen molar-refractivity contribution in [3.8, 4) is 11.5 Å². The summed E-state index contributed by atoms with van der Waals surface area (Å²) < 4.78 is 11.2. The Hall–Kier alpha value is -1.59. The first-order valence-electron chi connectivity index (χ1n) is 8.95. The highest BCUT2D eigenvalue weighted by molar-refractivity contribution is 5.91. The van der Waals surface area contributed by atoms with Gasteiger partial charge in [-0.25, -0.2) is 0 Å². The molecule has 0 unspecified atom stereocenters. The lowest BCUT2D eigenvalue weighted by Gasteiger charge is -2.58. The van der Waals surface area contributed by atoms with Crippen LogP contribution in [0.3, 0.4) is 0 Å². The van der Waals surface area contributed by atoms with Gasteiger partial charge in [-0.2, -0.15) is 0 Å². The van der Waals surface area contributed by atoms with Crippen LogP contribution in [-0.2, 0) is 4.79 Å². The Morgan fingerprint density at radius 3 is 2.17 bits per heavy atom. The predicted molar refractivity (Wildman–Crippen MR) is 89.5 cm³/mol. The van der Waals surface area contributed by atoms with E-state index in [1.165, 1.54) is 5.56 Å². The van der Waals surface area contributed by atoms with E-state index in [0.29, 0.717) is 18.6 Å². The maximum Gasteiger partial charge on any atom is 0.240 e. The Morgan fingerprint density at radius 2 is 1.67 bits per heavy atom. The van der Waals surface area contributed by atoms with Gasteiger partial charge in [0.25, 0.3) is 0 Å². The molecule has 5 rings (SSSR count). The number of ketones is 1. The number of methoxy groups -OCH3 is 1. The second-order valence-corrected chi connectivity index (χ2v) is 8.25. The molecule has 4 aliphatic rings. The highest BCUT2D eigenvalue weighted by Crippen LogP contribution is 2.37. The number of quaternary nitrogens is 2. The summed E-state index contributed by atoms with van der Waals surface area (Å²) in [7, 11) is 1.69. The van der Waals surface area contributed by atoms with Gasteiger partial charge in [-0.05, 0) is 39.0 Å². The molecule has 4 saturated heterocycles. The summed E-state index contributed by atoms with van der Waals surface area (Å²) in [6.45, 7) is 10.7. The molecule has 0 aromatic heterocycles. The number of nitrogens with one attached hydrogen (secondary N) is 2. The highest BCUT2D eigenvalue weighted by Gasteiger charge is 2.68. The number of benzene rings is 1. The summed E-state index contributed by atoms with van der Waals surface area (Å²) in [6.07, 6.45) is 0.392. The van der Waals surface area contributed by atoms with Crippen LogP contribution in [0.5, 0.6) is 11.5 Å². The van der Waals surface area contributed by atoms with Crippen molar-refractivity contribution in [1.29, 1.82) is 0 Å². The van der Waals surface area contributed by atoms with Gasteiger partial charge in [0.05, 0.1) is 45.5 Å². The topological polar surface area (TPSA) is 44.4 Å². The van der Waals surface area contributed by atoms with Crippen molar-refractivity contribution in [2.24, 2.45) is 10.8 Å². The van der Waals surface area contributed by atoms with E-state index in [0.717, 1.165) is 37.7 Å². The van der Waals surface area contributed by atoms with Gasteiger partial charge in [0.15, 0.2) is 17.3 Å². The summed E-state index contributed by atoms with van der Waals surface area (Å²) in [5, 5.41) is 0. The minimum absolute atomic E-state index is 0.151. The third-order valence-electron chi connectivity index (χ3n) is 6.20. The van der Waals surface area contributed by atoms with E-state index < -0.39 is 0 Å². The van der Waals surface area contributed by atoms with Crippen LogP contribution in [0, 0.1) is 10.8 Å². The molecule has 2 N–H and O–H groups in total. The summed E-state index contributed by atoms with van der Waals surface area (Å²) in [5.74, 6) is 2.10. The number of carbonyl (C=O) groups is 1. The number of Topliss-reactive ketones (excluding diaryl/α,β-unsaturated/α-hetero) is 1. The van der Waals surface area contributed by atoms with Gasteiger partial charge >= 0.3 is 0 Å². The number of hydrogen-bond donors (Lipinski definition) is 2. The van der Waals surface area contributed by atoms with Crippen molar-refractivity contribution in [3.05, 3.63) is 23.8 Å². The summed E-state index contributed by atoms with van der Waals surface area (Å²) in [4.78, 5) is 15.9. The molecular formula is C19H28N2O3+2. The quantitative estimate of drug-likeness (QED) is 0.780. The smallest absolute Gasteiger partial charge is 0.240 e. The fourth-order valence-electron chi connectivity index (χ4n) is 5.61. The molecule has 4 heterocycles. The molecule has 0 amide bonds. The van der Waals surface area contributed by atoms with Crippen LogP contribution in [0.4, 0.5) is 0 Å². The first-order chi connectivity index (χ1) is 11.4. The summed E-state index contributed by atoms with van der Waals surface area (Å²) in [6, 6.07) is 6.33. The van der Waals surface area contributed by atoms with E-state index in [2.05, 4.69) is 26.0 Å². The molecule has 0 atom stereocenters. The number of ether oxygens (including phenoxy) is 2. The summed E-state index contributed by atoms with van der Waals surface area (Å²) in [5.41, 5.74) is 0.988. The lowest BCUT2D eigenvalue weighted by Crippen LogP contribution is -3.41. The van der Waals surface area contributed by atoms with Gasteiger partial charge in [-0.3, -0.25) is 14.6 Å². The normalized spacial score (nSPS) is 40.0. The molecule has 0 spiro atoms. The third-order valence-corrected chi connectivity index (χ3v) is 6.20. The van der Waals surface area contributed by atoms with Crippen molar-refractivity contribution in [2.45, 2.75) is 26.9 Å². The molecule has 5 nitrogen and oxygen atoms in total. The van der Waals surface area contributed by atoms with E-state index >= 15 is 0 Å². The highest BCUT2D eigenvalue weighted by atomic mass is 16.5. The minimum atomic E-state index is -0.151. The minimum Gasteiger partial charge on any atom is -0.493 e. The Bertz CT molecular complexity index is 647. The number of hydrogen-bond acceptors (Lipinski definition) is 3. The molecule has 130 valence electrons. The Morgan fingerprint density at radius 1 is 1.08 bits per heavy atom. The average molecular weight is 332 g/mol. The van der Waals surface area contributed by atoms with Crippen molar-refractivity contribution in [2.75, 3.05) is 39.9 Å². The van der Waals surface area contributed by atoms with Gasteiger partial charge in [-0.1, -0.05) is 0 Å². The van der Waals surface area contributed by atoms with Crippen molar-refractivity contribution < 1.29 is 24.1 Å². The van der Waals surface area contributed by atoms with E-state index in [4.69, 9.17) is 9.47 Å². The molecule has 4 aliphatic heterocycles. The van der Waals surface area contributed by atoms with Crippen LogP contribution in [0.15, 0.2) is 18.2 Å². The molecule has 5 heteroatoms. The third kappa shape index (κ3) is 2.11. The molecule has 4 fully saturated rings. The number of rotatable bonds is 4. The second-order valence-electron chi connectivity index (χ2n) is 8.25. The summed E-state index contributed by atoms with van der Waals surface area (Å²) >= 11 is 0. The van der Waals surface area contributed by atoms with Crippen LogP contribution in [0.1, 0.15) is 32.5 Å². The molecule has 4 bridgehead atoms. The number of carbonyl (C=O) groups excluding carboxylic acids is 1. The Kier molecular flexibility index (Phi) is 3.45. The second kappa shape index (κ2) is 5.20. The Labute approximate surface area is 143 Å². The maximum atomic E-state index is 12.8. The average Bonchev–Trinajstić information content (AvgIpc) is 2.52. The number of piperidine rings is 2. The Balaban J connectivity index is 1.69. The zero-order chi connectivity index (χ0) is 17.1. The van der Waals surface area contributed by atoms with E-state index in [1.807, 2.05) is 13.0 Å². The van der Waals surface area contributed by atoms with E-state index in [9.17, 15) is 4.79 Å². The lowest BCUT2D eigenvalue weighted by molar-refractivity contribution is -1.18. The molecule has 24 heavy (non-hydrogen) atoms. The van der Waals surface area contributed by atoms with Crippen molar-refractivity contribution in [1.82, 2.24) is 0 Å². The van der Waals surface area contributed by atoms with E-state index in [1.54, 1.807) is 16.9 Å². The predicted octanol–water partition coefficient (Wildman–Crippen LogP) is -0.515. The molecular weight excluding hydrogens is 304 g/mol. The molecule has 1 aromatic carbocycles. The molecule has 0 aliphatic carbocycles. The lowest BCUT2D eigenvalue weighted by atomic mass is 9.62. The fourth-order valence-corrected chi connectivity index (χ4v) is 5.61. The van der Waals surface area contributed by atoms with Crippen molar-refractivity contribution >= 4 is 5.78 Å². The first kappa shape index (κ1) is 15.9. The van der Waals surface area contributed by atoms with Crippen LogP contribution >= 0.6 is 0 Å². The standard InChI is InChI=1S/C19H26N2O3/c1-5-24-14-7-6-13(8-15(14)23-4)16-20-9-18(2)10-21(16)12-19(3,11-20)17(18)22/h6-8,16H,5,9-12H2,1-4H3/p+2. The molecule has 0 saturated carbocycles. The first-order valence-corrected chi connectivity index (χ1v) is 8.95. The van der Waals surface area contributed by atoms with Gasteiger partial charge in [0, 0.05) is 0 Å². The van der Waals surface area contributed by atoms with Gasteiger partial charge < -0.3 is 9.47 Å². The monoisotopic (exact) mass is 332 g/mol. The largest absolute Gasteiger partial charge is 0.493 e. The molecule has 0 radical (unpaired) electrons. The van der Waals surface area contributed by atoms with Gasteiger partial charge in [0.1, 0.15) is 10.8 Å². The fraction of sp³-hybridized carbons (Fsp3) is 0.632. The van der Waals surface area contributed by atoms with Crippen LogP contribution in [-0.4, -0.2) is 45.7 Å².